The highest BCUT2D eigenvalue weighted by molar-refractivity contribution is 6.02. The molecule has 4 aliphatic carbocycles. The van der Waals surface area contributed by atoms with Crippen LogP contribution >= 0.6 is 0 Å². The minimum Gasteiger partial charge on any atom is -0.494 e. The second-order valence-electron chi connectivity index (χ2n) is 28.2. The van der Waals surface area contributed by atoms with E-state index in [0.717, 1.165) is 133 Å². The predicted octanol–water partition coefficient (Wildman–Crippen LogP) is 22.2. The lowest BCUT2D eigenvalue weighted by molar-refractivity contribution is 0.305. The molecular weight excluding hydrogens is 1350 g/mol. The van der Waals surface area contributed by atoms with Gasteiger partial charge in [-0.25, -0.2) is 0 Å². The number of ether oxygens (including phenoxy) is 5. The van der Waals surface area contributed by atoms with Gasteiger partial charge >= 0.3 is 0 Å². The molecule has 2 atom stereocenters. The van der Waals surface area contributed by atoms with E-state index in [1.165, 1.54) is 69.3 Å². The van der Waals surface area contributed by atoms with E-state index in [0.29, 0.717) is 30.5 Å². The number of fused-ring (bicyclic) bond motifs is 16. The number of hydrogen-bond donors (Lipinski definition) is 0. The molecule has 0 heterocycles. The number of benzene rings is 12. The number of unbranched alkanes of at least 4 members (excludes halogenated alkanes) is 6. The first-order chi connectivity index (χ1) is 54.8. The summed E-state index contributed by atoms with van der Waals surface area (Å²) in [5, 5.41) is 0. The van der Waals surface area contributed by atoms with Crippen molar-refractivity contribution in [2.45, 2.75) is 88.4 Å². The lowest BCUT2D eigenvalue weighted by Crippen LogP contribution is -2.29. The first-order valence-electron chi connectivity index (χ1n) is 37.9. The summed E-state index contributed by atoms with van der Waals surface area (Å²) in [6.45, 7) is 7.99. The average Bonchev–Trinajstić information content (AvgIpc) is 1.51. The summed E-state index contributed by atoms with van der Waals surface area (Å²) >= 11 is 0. The molecule has 528 valence electrons. The zero-order valence-corrected chi connectivity index (χ0v) is 62.1. The average molecular weight is 1430 g/mol. The van der Waals surface area contributed by atoms with E-state index >= 15 is 0 Å². The van der Waals surface area contributed by atoms with Crippen LogP contribution in [0.5, 0.6) is 28.7 Å². The lowest BCUT2D eigenvalue weighted by Gasteiger charge is -2.35. The zero-order chi connectivity index (χ0) is 75.7. The van der Waals surface area contributed by atoms with Gasteiger partial charge in [0.1, 0.15) is 47.1 Å². The molecule has 12 aromatic rings. The third-order valence-electron chi connectivity index (χ3n) is 22.1. The SMILES string of the molecule is C#CC#CC#COc1ccc(C2(c3ccc(OCCCCCC)cc3)c3cc(-c4cccc5c4-c4ccccc4C5(c4ccc(OC#CC#CC#C)cc4)c4ccc(OC#CC#CC#C)cc4)ccc3-c3ccc(-c4cccc5c4-c4ccccc4C54c5ccc(C)cc5-c5cc(OCCCCCC)ccc54)cc32)cc1. The van der Waals surface area contributed by atoms with Crippen LogP contribution in [0.15, 0.2) is 255 Å². The Labute approximate surface area is 652 Å². The van der Waals surface area contributed by atoms with E-state index in [2.05, 4.69) is 329 Å². The third kappa shape index (κ3) is 12.5. The molecule has 4 aliphatic rings. The first-order valence-corrected chi connectivity index (χ1v) is 37.9. The molecule has 5 nitrogen and oxygen atoms in total. The fraction of sp³-hybridized carbons (Fsp3) is 0.151. The van der Waals surface area contributed by atoms with Gasteiger partial charge in [0, 0.05) is 35.5 Å². The normalized spacial score (nSPS) is 14.3. The van der Waals surface area contributed by atoms with Crippen molar-refractivity contribution in [2.75, 3.05) is 13.2 Å². The quantitative estimate of drug-likeness (QED) is 0.0530. The van der Waals surface area contributed by atoms with Crippen molar-refractivity contribution in [1.82, 2.24) is 0 Å². The second-order valence-corrected chi connectivity index (χ2v) is 28.2. The molecular formula is C106H74O5. The van der Waals surface area contributed by atoms with Gasteiger partial charge in [-0.2, -0.15) is 0 Å². The Kier molecular flexibility index (Phi) is 20.0. The first kappa shape index (κ1) is 71.0. The van der Waals surface area contributed by atoms with E-state index in [4.69, 9.17) is 43.0 Å². The molecule has 0 amide bonds. The summed E-state index contributed by atoms with van der Waals surface area (Å²) in [5.74, 6) is 34.0. The maximum Gasteiger partial charge on any atom is 0.140 e. The van der Waals surface area contributed by atoms with Gasteiger partial charge < -0.3 is 23.7 Å². The summed E-state index contributed by atoms with van der Waals surface area (Å²) in [5.41, 5.74) is 26.1. The highest BCUT2D eigenvalue weighted by Gasteiger charge is 2.54. The van der Waals surface area contributed by atoms with E-state index in [-0.39, 0.29) is 0 Å². The molecule has 0 radical (unpaired) electrons. The molecule has 12 aromatic carbocycles. The van der Waals surface area contributed by atoms with Gasteiger partial charge in [0.2, 0.25) is 0 Å². The van der Waals surface area contributed by atoms with E-state index in [9.17, 15) is 0 Å². The van der Waals surface area contributed by atoms with Gasteiger partial charge in [-0.3, -0.25) is 0 Å². The summed E-state index contributed by atoms with van der Waals surface area (Å²) in [7, 11) is 0. The van der Waals surface area contributed by atoms with Crippen molar-refractivity contribution in [1.29, 1.82) is 0 Å². The van der Waals surface area contributed by atoms with Gasteiger partial charge in [-0.1, -0.05) is 240 Å². The summed E-state index contributed by atoms with van der Waals surface area (Å²) in [4.78, 5) is 0. The monoisotopic (exact) mass is 1430 g/mol. The van der Waals surface area contributed by atoms with Crippen molar-refractivity contribution >= 4 is 0 Å². The molecule has 16 rings (SSSR count). The Morgan fingerprint density at radius 1 is 0.270 bits per heavy atom. The molecule has 0 saturated heterocycles. The number of hydrogen-bond acceptors (Lipinski definition) is 5. The molecule has 111 heavy (non-hydrogen) atoms. The second kappa shape index (κ2) is 31.2. The Morgan fingerprint density at radius 3 is 1.10 bits per heavy atom. The molecule has 1 spiro atoms. The Morgan fingerprint density at radius 2 is 0.640 bits per heavy atom. The summed E-state index contributed by atoms with van der Waals surface area (Å²) < 4.78 is 31.1. The predicted molar refractivity (Wildman–Crippen MR) is 447 cm³/mol. The van der Waals surface area contributed by atoms with Crippen LogP contribution in [-0.4, -0.2) is 13.2 Å². The smallest absolute Gasteiger partial charge is 0.140 e. The van der Waals surface area contributed by atoms with Gasteiger partial charge in [0.25, 0.3) is 0 Å². The van der Waals surface area contributed by atoms with Crippen LogP contribution in [0.2, 0.25) is 0 Å². The summed E-state index contributed by atoms with van der Waals surface area (Å²) in [6, 6.07) is 93.3. The van der Waals surface area contributed by atoms with Crippen LogP contribution in [-0.2, 0) is 16.2 Å². The van der Waals surface area contributed by atoms with Gasteiger partial charge in [0.05, 0.1) is 29.5 Å². The van der Waals surface area contributed by atoms with Gasteiger partial charge in [-0.05, 0) is 262 Å². The molecule has 0 saturated carbocycles. The molecule has 2 unspecified atom stereocenters. The molecule has 0 N–H and O–H groups in total. The van der Waals surface area contributed by atoms with E-state index < -0.39 is 16.2 Å². The molecule has 5 heteroatoms. The van der Waals surface area contributed by atoms with Crippen LogP contribution < -0.4 is 23.7 Å². The number of aryl methyl sites for hydroxylation is 1. The number of rotatable bonds is 21. The van der Waals surface area contributed by atoms with Gasteiger partial charge in [-0.15, -0.1) is 19.3 Å². The van der Waals surface area contributed by atoms with Crippen LogP contribution in [0.3, 0.4) is 0 Å². The van der Waals surface area contributed by atoms with Crippen molar-refractivity contribution < 1.29 is 23.7 Å². The Hall–Kier alpha value is -14.3. The van der Waals surface area contributed by atoms with Crippen molar-refractivity contribution in [3.05, 3.63) is 327 Å². The fourth-order valence-electron chi connectivity index (χ4n) is 17.6. The minimum absolute atomic E-state index is 0.552. The maximum absolute atomic E-state index is 6.59. The third-order valence-corrected chi connectivity index (χ3v) is 22.1. The fourth-order valence-corrected chi connectivity index (χ4v) is 17.6. The van der Waals surface area contributed by atoms with Crippen molar-refractivity contribution in [3.8, 4) is 204 Å². The topological polar surface area (TPSA) is 46.2 Å². The lowest BCUT2D eigenvalue weighted by atomic mass is 9.66. The summed E-state index contributed by atoms with van der Waals surface area (Å²) in [6.07, 6.45) is 33.3. The van der Waals surface area contributed by atoms with Crippen molar-refractivity contribution in [3.63, 3.8) is 0 Å². The number of terminal acetylenes is 3. The van der Waals surface area contributed by atoms with Crippen LogP contribution in [0.1, 0.15) is 138 Å². The van der Waals surface area contributed by atoms with Crippen LogP contribution in [0, 0.1) is 116 Å². The maximum atomic E-state index is 6.59. The van der Waals surface area contributed by atoms with Crippen LogP contribution in [0.25, 0.3) is 66.8 Å². The molecule has 0 fully saturated rings. The van der Waals surface area contributed by atoms with Crippen molar-refractivity contribution in [2.24, 2.45) is 0 Å². The largest absolute Gasteiger partial charge is 0.494 e. The molecule has 0 aliphatic heterocycles. The zero-order valence-electron chi connectivity index (χ0n) is 62.1. The van der Waals surface area contributed by atoms with E-state index in [1.54, 1.807) is 0 Å². The van der Waals surface area contributed by atoms with Gasteiger partial charge in [0.15, 0.2) is 0 Å². The standard InChI is InChI=1S/C106H74O5/c1-7-12-17-26-65-107-81-52-44-77(45-53-81)104(78-46-54-82(55-47-78)108-66-27-18-13-8-2)94-37-24-22-33-90(94)102-86(35-31-39-98(102)104)75-42-61-88-89-62-43-76(72-101(89)105(100(88)71-75,79-48-56-83(57-49-79)109-67-28-19-14-9-3)80-50-58-84(59-51-80)110-68-29-20-15-10-4)87-36-32-40-99-103(87)91-34-23-25-38-95(91)106(99)96-63-41-74(6)70-92(96)93-73-85(60-64-97(93)106)111-69-30-21-16-11-5/h1-3,22-25,31-64,70-73H,10-11,15-16,20-21,29-30,68-69H2,4-6H3. The molecule has 0 bridgehead atoms. The minimum atomic E-state index is -0.962. The Bertz CT molecular complexity index is 6140. The highest BCUT2D eigenvalue weighted by Crippen LogP contribution is 2.66. The Balaban J connectivity index is 0.902. The van der Waals surface area contributed by atoms with Crippen LogP contribution in [0.4, 0.5) is 0 Å². The highest BCUT2D eigenvalue weighted by atomic mass is 16.5. The van der Waals surface area contributed by atoms with E-state index in [1.807, 2.05) is 36.4 Å². The molecule has 0 aromatic heterocycles.